The highest BCUT2D eigenvalue weighted by Crippen LogP contribution is 2.50. The summed E-state index contributed by atoms with van der Waals surface area (Å²) in [7, 11) is 0. The van der Waals surface area contributed by atoms with Gasteiger partial charge < -0.3 is 9.80 Å². The lowest BCUT2D eigenvalue weighted by Gasteiger charge is -2.31. The van der Waals surface area contributed by atoms with E-state index in [0.717, 1.165) is 111 Å². The molecule has 78 heavy (non-hydrogen) atoms. The Morgan fingerprint density at radius 2 is 0.538 bits per heavy atom. The van der Waals surface area contributed by atoms with Crippen LogP contribution in [0.4, 0.5) is 34.1 Å². The molecule has 0 aromatic heterocycles. The quantitative estimate of drug-likeness (QED) is 0.128. The Kier molecular flexibility index (Phi) is 12.4. The number of aryl methyl sites for hydroxylation is 8. The predicted molar refractivity (Wildman–Crippen MR) is 329 cm³/mol. The summed E-state index contributed by atoms with van der Waals surface area (Å²) in [6.07, 6.45) is 0. The molecule has 0 aliphatic rings. The van der Waals surface area contributed by atoms with Crippen LogP contribution in [-0.4, -0.2) is 0 Å². The van der Waals surface area contributed by atoms with E-state index in [1.54, 1.807) is 0 Å². The molecule has 0 unspecified atom stereocenters. The zero-order valence-electron chi connectivity index (χ0n) is 45.4. The summed E-state index contributed by atoms with van der Waals surface area (Å²) < 4.78 is 0. The molecular formula is C74H58N4. The van der Waals surface area contributed by atoms with Crippen LogP contribution in [0.2, 0.25) is 0 Å². The second-order valence-electron chi connectivity index (χ2n) is 21.6. The highest BCUT2D eigenvalue weighted by molar-refractivity contribution is 6.28. The molecule has 0 aliphatic carbocycles. The smallest absolute Gasteiger partial charge is 0.101 e. The second kappa shape index (κ2) is 19.8. The summed E-state index contributed by atoms with van der Waals surface area (Å²) in [5.41, 5.74) is 25.1. The third-order valence-corrected chi connectivity index (χ3v) is 15.2. The minimum Gasteiger partial charge on any atom is -0.308 e. The molecular weight excluding hydrogens is 945 g/mol. The number of benzene rings is 12. The van der Waals surface area contributed by atoms with E-state index in [9.17, 15) is 10.5 Å². The third-order valence-electron chi connectivity index (χ3n) is 15.2. The summed E-state index contributed by atoms with van der Waals surface area (Å²) in [4.78, 5) is 4.60. The molecule has 0 bridgehead atoms. The van der Waals surface area contributed by atoms with Gasteiger partial charge in [-0.05, 0) is 194 Å². The molecule has 0 atom stereocenters. The fourth-order valence-corrected chi connectivity index (χ4v) is 12.2. The van der Waals surface area contributed by atoms with Crippen LogP contribution in [-0.2, 0) is 0 Å². The van der Waals surface area contributed by atoms with E-state index in [2.05, 4.69) is 247 Å². The number of anilines is 6. The molecule has 0 saturated carbocycles. The Bertz CT molecular complexity index is 3960. The van der Waals surface area contributed by atoms with Crippen molar-refractivity contribution in [3.63, 3.8) is 0 Å². The zero-order chi connectivity index (χ0) is 53.9. The van der Waals surface area contributed by atoms with Crippen LogP contribution in [0.3, 0.4) is 0 Å². The molecule has 0 N–H and O–H groups in total. The van der Waals surface area contributed by atoms with Crippen LogP contribution in [0.1, 0.15) is 55.6 Å². The van der Waals surface area contributed by atoms with Crippen molar-refractivity contribution in [2.75, 3.05) is 9.80 Å². The van der Waals surface area contributed by atoms with E-state index in [0.29, 0.717) is 11.1 Å². The van der Waals surface area contributed by atoms with Gasteiger partial charge >= 0.3 is 0 Å². The van der Waals surface area contributed by atoms with E-state index in [1.807, 2.05) is 36.4 Å². The Balaban J connectivity index is 1.14. The lowest BCUT2D eigenvalue weighted by atomic mass is 9.90. The van der Waals surface area contributed by atoms with Crippen LogP contribution < -0.4 is 9.80 Å². The molecule has 0 aliphatic heterocycles. The summed E-state index contributed by atoms with van der Waals surface area (Å²) >= 11 is 0. The Morgan fingerprint density at radius 1 is 0.269 bits per heavy atom. The van der Waals surface area contributed by atoms with E-state index in [4.69, 9.17) is 0 Å². The van der Waals surface area contributed by atoms with E-state index >= 15 is 0 Å². The van der Waals surface area contributed by atoms with Crippen molar-refractivity contribution in [1.29, 1.82) is 10.5 Å². The first kappa shape index (κ1) is 49.2. The minimum absolute atomic E-state index is 0.574. The van der Waals surface area contributed by atoms with E-state index < -0.39 is 0 Å². The number of rotatable bonds is 10. The van der Waals surface area contributed by atoms with Gasteiger partial charge in [-0.25, -0.2) is 0 Å². The summed E-state index contributed by atoms with van der Waals surface area (Å²) in [5, 5.41) is 28.4. The first-order valence-corrected chi connectivity index (χ1v) is 26.7. The van der Waals surface area contributed by atoms with Gasteiger partial charge in [0.05, 0.1) is 33.9 Å². The maximum absolute atomic E-state index is 10.9. The van der Waals surface area contributed by atoms with Crippen molar-refractivity contribution in [1.82, 2.24) is 0 Å². The number of nitriles is 2. The van der Waals surface area contributed by atoms with Gasteiger partial charge in [0.15, 0.2) is 0 Å². The molecule has 0 radical (unpaired) electrons. The standard InChI is InChI=1S/C74H58N4/c1-45-25-46(2)30-57(29-45)61-37-62(58-31-47(3)26-48(4)32-58)40-65(39-61)77(69-15-11-9-13-55(69)43-75)71-23-19-53-18-22-68-72(24-20-54-17-21-67(71)73(53)74(54)68)78(70-16-12-10-14-56(70)44-76)66-41-63(59-33-49(5)27-50(6)34-59)38-64(42-66)60-35-51(7)28-52(8)36-60/h9-42H,1-8H3. The normalized spacial score (nSPS) is 11.3. The van der Waals surface area contributed by atoms with Crippen molar-refractivity contribution in [3.05, 3.63) is 262 Å². The lowest BCUT2D eigenvalue weighted by Crippen LogP contribution is -2.13. The van der Waals surface area contributed by atoms with Crippen molar-refractivity contribution in [3.8, 4) is 56.6 Å². The molecule has 4 heteroatoms. The van der Waals surface area contributed by atoms with Gasteiger partial charge in [0.25, 0.3) is 0 Å². The average Bonchev–Trinajstić information content (AvgIpc) is 3.50. The summed E-state index contributed by atoms with van der Waals surface area (Å²) in [6.45, 7) is 17.3. The number of hydrogen-bond donors (Lipinski definition) is 0. The van der Waals surface area contributed by atoms with Gasteiger partial charge in [0, 0.05) is 22.1 Å². The number of para-hydroxylation sites is 2. The van der Waals surface area contributed by atoms with Gasteiger partial charge in [0.1, 0.15) is 12.1 Å². The first-order chi connectivity index (χ1) is 37.8. The van der Waals surface area contributed by atoms with Crippen molar-refractivity contribution < 1.29 is 0 Å². The molecule has 0 fully saturated rings. The molecule has 12 aromatic carbocycles. The summed E-state index contributed by atoms with van der Waals surface area (Å²) in [5.74, 6) is 0. The van der Waals surface area contributed by atoms with Crippen LogP contribution in [0.15, 0.2) is 206 Å². The molecule has 12 rings (SSSR count). The largest absolute Gasteiger partial charge is 0.308 e. The molecule has 0 spiro atoms. The van der Waals surface area contributed by atoms with Crippen LogP contribution in [0.5, 0.6) is 0 Å². The predicted octanol–water partition coefficient (Wildman–Crippen LogP) is 20.4. The molecule has 374 valence electrons. The average molecular weight is 1000 g/mol. The van der Waals surface area contributed by atoms with Gasteiger partial charge in [-0.3, -0.25) is 0 Å². The highest BCUT2D eigenvalue weighted by Gasteiger charge is 2.26. The number of nitrogens with zero attached hydrogens (tertiary/aromatic N) is 4. The molecule has 0 amide bonds. The monoisotopic (exact) mass is 1000 g/mol. The Labute approximate surface area is 458 Å². The minimum atomic E-state index is 0.574. The first-order valence-electron chi connectivity index (χ1n) is 26.7. The molecule has 12 aromatic rings. The summed E-state index contributed by atoms with van der Waals surface area (Å²) in [6, 6.07) is 79.7. The number of hydrogen-bond acceptors (Lipinski definition) is 4. The second-order valence-corrected chi connectivity index (χ2v) is 21.6. The van der Waals surface area contributed by atoms with Crippen molar-refractivity contribution in [2.24, 2.45) is 0 Å². The van der Waals surface area contributed by atoms with Crippen molar-refractivity contribution in [2.45, 2.75) is 55.4 Å². The SMILES string of the molecule is Cc1cc(C)cc(-c2cc(-c3cc(C)cc(C)c3)cc(N(c3ccccc3C#N)c3ccc4ccc5c(N(c6cc(-c7cc(C)cc(C)c7)cc(-c7cc(C)cc(C)c7)c6)c6ccccc6C#N)ccc6ccc3c4c65)c2)c1. The molecule has 4 nitrogen and oxygen atoms in total. The lowest BCUT2D eigenvalue weighted by molar-refractivity contribution is 1.28. The fraction of sp³-hybridized carbons (Fsp3) is 0.108. The van der Waals surface area contributed by atoms with Crippen LogP contribution in [0.25, 0.3) is 76.8 Å². The topological polar surface area (TPSA) is 54.1 Å². The van der Waals surface area contributed by atoms with E-state index in [1.165, 1.54) is 44.5 Å². The van der Waals surface area contributed by atoms with Crippen molar-refractivity contribution >= 4 is 66.4 Å². The highest BCUT2D eigenvalue weighted by atomic mass is 15.2. The van der Waals surface area contributed by atoms with E-state index in [-0.39, 0.29) is 0 Å². The maximum atomic E-state index is 10.9. The molecule has 0 heterocycles. The third kappa shape index (κ3) is 9.08. The van der Waals surface area contributed by atoms with Gasteiger partial charge in [-0.2, -0.15) is 10.5 Å². The van der Waals surface area contributed by atoms with Gasteiger partial charge in [-0.15, -0.1) is 0 Å². The van der Waals surface area contributed by atoms with Gasteiger partial charge in [-0.1, -0.05) is 178 Å². The molecule has 0 saturated heterocycles. The Morgan fingerprint density at radius 3 is 0.833 bits per heavy atom. The maximum Gasteiger partial charge on any atom is 0.101 e. The van der Waals surface area contributed by atoms with Gasteiger partial charge in [0.2, 0.25) is 0 Å². The Hall–Kier alpha value is -9.74. The van der Waals surface area contributed by atoms with Crippen LogP contribution >= 0.6 is 0 Å². The fourth-order valence-electron chi connectivity index (χ4n) is 12.2. The van der Waals surface area contributed by atoms with Crippen LogP contribution in [0, 0.1) is 78.1 Å². The zero-order valence-corrected chi connectivity index (χ0v) is 45.4.